The number of methoxy groups -OCH3 is 2. The van der Waals surface area contributed by atoms with Gasteiger partial charge in [-0.1, -0.05) is 26.0 Å². The number of aliphatic hydroxyl groups is 14. The maximum Gasteiger partial charge on any atom is 0.288 e. The van der Waals surface area contributed by atoms with Gasteiger partial charge in [-0.05, 0) is 24.1 Å². The summed E-state index contributed by atoms with van der Waals surface area (Å²) in [5.41, 5.74) is -0.178. The van der Waals surface area contributed by atoms with Crippen LogP contribution in [-0.2, 0) is 68.1 Å². The zero-order valence-corrected chi connectivity index (χ0v) is 40.5. The van der Waals surface area contributed by atoms with Crippen molar-refractivity contribution in [3.05, 3.63) is 29.8 Å². The number of ether oxygens (including phenoxy) is 12. The van der Waals surface area contributed by atoms with Gasteiger partial charge >= 0.3 is 0 Å². The maximum atomic E-state index is 12.3. The van der Waals surface area contributed by atoms with Gasteiger partial charge < -0.3 is 134 Å². The molecule has 0 spiro atoms. The van der Waals surface area contributed by atoms with Crippen LogP contribution in [0.15, 0.2) is 24.3 Å². The van der Waals surface area contributed by atoms with Gasteiger partial charge in [0.05, 0.1) is 38.4 Å². The summed E-state index contributed by atoms with van der Waals surface area (Å²) in [6.07, 6.45) is -42.4. The zero-order valence-electron chi connectivity index (χ0n) is 40.5. The summed E-state index contributed by atoms with van der Waals surface area (Å²) in [5, 5.41) is 154. The van der Waals surface area contributed by atoms with Gasteiger partial charge in [-0.25, -0.2) is 0 Å². The molecule has 1 aromatic carbocycles. The van der Waals surface area contributed by atoms with Gasteiger partial charge in [0.2, 0.25) is 12.1 Å². The van der Waals surface area contributed by atoms with E-state index in [2.05, 4.69) is 5.32 Å². The first-order chi connectivity index (χ1) is 35.2. The molecule has 6 aliphatic heterocycles. The summed E-state index contributed by atoms with van der Waals surface area (Å²) in [6, 6.07) is 5.96. The van der Waals surface area contributed by atoms with Crippen LogP contribution in [0.1, 0.15) is 19.4 Å². The average molecular weight is 1070 g/mol. The van der Waals surface area contributed by atoms with E-state index in [1.807, 2.05) is 0 Å². The van der Waals surface area contributed by atoms with Crippen molar-refractivity contribution < 1.29 is 138 Å². The predicted octanol–water partition coefficient (Wildman–Crippen LogP) is -8.89. The van der Waals surface area contributed by atoms with Crippen molar-refractivity contribution >= 4 is 11.7 Å². The van der Waals surface area contributed by atoms with Crippen molar-refractivity contribution in [3.8, 4) is 5.75 Å². The molecule has 7 rings (SSSR count). The number of amides is 1. The smallest absolute Gasteiger partial charge is 0.288 e. The third-order valence-electron chi connectivity index (χ3n) is 14.4. The minimum atomic E-state index is -2.10. The Morgan fingerprint density at radius 1 is 0.459 bits per heavy atom. The van der Waals surface area contributed by atoms with Crippen molar-refractivity contribution in [3.63, 3.8) is 0 Å². The van der Waals surface area contributed by atoms with Gasteiger partial charge in [-0.3, -0.25) is 9.59 Å². The SMILES string of the molecule is COC1C(CO)OC(OC2C(CO)OC(OC3C(CO)OC(OC4C(CO)OC(OC5C(CO)OC(Oc6ccc(CC7NC(=O)C(=O)C7(C)C)cc6)C(O)C5O)C(OC)C4O)C(O)C3O)C(O)C2O)C(O)C1O. The molecule has 0 aromatic heterocycles. The van der Waals surface area contributed by atoms with Gasteiger partial charge in [-0.15, -0.1) is 0 Å². The molecule has 6 heterocycles. The Balaban J connectivity index is 0.953. The fourth-order valence-corrected chi connectivity index (χ4v) is 9.87. The van der Waals surface area contributed by atoms with E-state index >= 15 is 0 Å². The molecular formula is C45H69NO28. The van der Waals surface area contributed by atoms with Gasteiger partial charge in [-0.2, -0.15) is 0 Å². The lowest BCUT2D eigenvalue weighted by Gasteiger charge is -2.50. The second kappa shape index (κ2) is 24.9. The molecule has 0 aliphatic carbocycles. The van der Waals surface area contributed by atoms with Crippen molar-refractivity contribution in [2.24, 2.45) is 5.41 Å². The van der Waals surface area contributed by atoms with Gasteiger partial charge in [0.15, 0.2) is 25.2 Å². The second-order valence-corrected chi connectivity index (χ2v) is 19.4. The molecule has 6 aliphatic rings. The number of ketones is 1. The molecule has 15 N–H and O–H groups in total. The molecule has 6 saturated heterocycles. The van der Waals surface area contributed by atoms with E-state index in [-0.39, 0.29) is 5.75 Å². The molecule has 26 unspecified atom stereocenters. The zero-order chi connectivity index (χ0) is 54.1. The lowest BCUT2D eigenvalue weighted by atomic mass is 9.81. The summed E-state index contributed by atoms with van der Waals surface area (Å²) < 4.78 is 68.2. The summed E-state index contributed by atoms with van der Waals surface area (Å²) >= 11 is 0. The molecule has 26 atom stereocenters. The number of Topliss-reactive ketones (excluding diaryl/α,β-unsaturated/α-hetero) is 1. The van der Waals surface area contributed by atoms with Crippen LogP contribution in [0.2, 0.25) is 0 Å². The molecule has 74 heavy (non-hydrogen) atoms. The van der Waals surface area contributed by atoms with Gasteiger partial charge in [0.25, 0.3) is 5.91 Å². The van der Waals surface area contributed by atoms with Crippen LogP contribution in [0.4, 0.5) is 0 Å². The molecule has 29 heteroatoms. The number of nitrogens with one attached hydrogen (secondary N) is 1. The minimum Gasteiger partial charge on any atom is -0.462 e. The molecule has 1 amide bonds. The normalized spacial score (nSPS) is 45.8. The van der Waals surface area contributed by atoms with Crippen molar-refractivity contribution in [2.75, 3.05) is 47.3 Å². The third kappa shape index (κ3) is 11.8. The van der Waals surface area contributed by atoms with E-state index in [1.165, 1.54) is 19.2 Å². The van der Waals surface area contributed by atoms with Crippen LogP contribution in [-0.4, -0.2) is 290 Å². The Hall–Kier alpha value is -2.84. The largest absolute Gasteiger partial charge is 0.462 e. The first-order valence-corrected chi connectivity index (χ1v) is 23.9. The Labute approximate surface area is 422 Å². The number of rotatable bonds is 19. The van der Waals surface area contributed by atoms with Gasteiger partial charge in [0.1, 0.15) is 128 Å². The minimum absolute atomic E-state index is 0.181. The first kappa shape index (κ1) is 58.8. The highest BCUT2D eigenvalue weighted by Gasteiger charge is 2.57. The highest BCUT2D eigenvalue weighted by Crippen LogP contribution is 2.37. The predicted molar refractivity (Wildman–Crippen MR) is 235 cm³/mol. The lowest BCUT2D eigenvalue weighted by molar-refractivity contribution is -0.393. The van der Waals surface area contributed by atoms with Gasteiger partial charge in [0, 0.05) is 20.3 Å². The standard InChI is InChI=1S/C45H69NO28/c1-45(2)22(46-39(62)38(45)61)9-15-5-7-16(8-6-15)65-40-28(57)24(53)35(20(13-50)67-40)74-44-37(64-4)31(60)36(21(14-51)70-44)73-43-30(59)26(55)34(19(12-49)69-43)72-42-29(58)25(54)33(18(11-48)68-42)71-41-27(56)23(52)32(63-3)17(10-47)66-41/h5-8,17-37,40-44,47-60H,9-14H2,1-4H3,(H,46,62). The van der Waals surface area contributed by atoms with Crippen LogP contribution in [0.3, 0.4) is 0 Å². The number of hydrogen-bond acceptors (Lipinski definition) is 28. The molecule has 6 fully saturated rings. The number of benzene rings is 1. The second-order valence-electron chi connectivity index (χ2n) is 19.4. The molecule has 0 saturated carbocycles. The Morgan fingerprint density at radius 2 is 0.797 bits per heavy atom. The Kier molecular flexibility index (Phi) is 19.8. The van der Waals surface area contributed by atoms with Crippen LogP contribution in [0, 0.1) is 5.41 Å². The molecule has 1 aromatic rings. The van der Waals surface area contributed by atoms with Crippen molar-refractivity contribution in [1.29, 1.82) is 0 Å². The lowest BCUT2D eigenvalue weighted by Crippen LogP contribution is -2.68. The molecule has 0 bridgehead atoms. The van der Waals surface area contributed by atoms with E-state index < -0.39 is 210 Å². The fraction of sp³-hybridized carbons (Fsp3) is 0.822. The van der Waals surface area contributed by atoms with Crippen LogP contribution < -0.4 is 10.1 Å². The number of carbonyl (C=O) groups is 2. The van der Waals surface area contributed by atoms with E-state index in [0.717, 1.165) is 12.7 Å². The van der Waals surface area contributed by atoms with Crippen LogP contribution in [0.25, 0.3) is 0 Å². The summed E-state index contributed by atoms with van der Waals surface area (Å²) in [5.74, 6) is -0.995. The topological polar surface area (TPSA) is 440 Å². The maximum absolute atomic E-state index is 12.3. The number of carbonyl (C=O) groups excluding carboxylic acids is 2. The highest BCUT2D eigenvalue weighted by atomic mass is 16.8. The molecule has 29 nitrogen and oxygen atoms in total. The van der Waals surface area contributed by atoms with E-state index in [9.17, 15) is 81.1 Å². The first-order valence-electron chi connectivity index (χ1n) is 23.9. The third-order valence-corrected chi connectivity index (χ3v) is 14.4. The van der Waals surface area contributed by atoms with Crippen molar-refractivity contribution in [2.45, 2.75) is 180 Å². The number of aliphatic hydroxyl groups excluding tert-OH is 14. The Bertz CT molecular complexity index is 1960. The van der Waals surface area contributed by atoms with E-state index in [4.69, 9.17) is 56.8 Å². The highest BCUT2D eigenvalue weighted by molar-refractivity contribution is 6.40. The van der Waals surface area contributed by atoms with E-state index in [0.29, 0.717) is 6.42 Å². The molecular weight excluding hydrogens is 1000 g/mol. The van der Waals surface area contributed by atoms with Crippen LogP contribution in [0.5, 0.6) is 5.75 Å². The molecule has 422 valence electrons. The monoisotopic (exact) mass is 1070 g/mol. The average Bonchev–Trinajstić information content (AvgIpc) is 3.58. The summed E-state index contributed by atoms with van der Waals surface area (Å²) in [6.45, 7) is -0.914. The van der Waals surface area contributed by atoms with Crippen LogP contribution >= 0.6 is 0 Å². The van der Waals surface area contributed by atoms with E-state index in [1.54, 1.807) is 26.0 Å². The summed E-state index contributed by atoms with van der Waals surface area (Å²) in [4.78, 5) is 24.2. The number of hydrogen-bond donors (Lipinski definition) is 15. The quantitative estimate of drug-likeness (QED) is 0.0572. The van der Waals surface area contributed by atoms with Crippen molar-refractivity contribution in [1.82, 2.24) is 5.32 Å². The fourth-order valence-electron chi connectivity index (χ4n) is 9.87. The Morgan fingerprint density at radius 3 is 1.18 bits per heavy atom. The molecule has 0 radical (unpaired) electrons. The summed E-state index contributed by atoms with van der Waals surface area (Å²) in [7, 11) is 2.33.